The number of carbonyl (C=O) groups excluding carboxylic acids is 4. The highest BCUT2D eigenvalue weighted by Crippen LogP contribution is 2.46. The first-order chi connectivity index (χ1) is 26.1. The van der Waals surface area contributed by atoms with E-state index in [9.17, 15) is 27.6 Å². The molecule has 1 saturated heterocycles. The van der Waals surface area contributed by atoms with E-state index in [0.29, 0.717) is 42.3 Å². The van der Waals surface area contributed by atoms with Crippen molar-refractivity contribution in [3.8, 4) is 11.6 Å². The smallest absolute Gasteiger partial charge is 0.259 e. The molecule has 0 unspecified atom stereocenters. The highest BCUT2D eigenvalue weighted by molar-refractivity contribution is 7.98. The number of thioether (sulfide) groups is 1. The van der Waals surface area contributed by atoms with Crippen LogP contribution >= 0.6 is 11.8 Å². The Morgan fingerprint density at radius 1 is 1.11 bits per heavy atom. The number of sulfonamides is 1. The van der Waals surface area contributed by atoms with Crippen molar-refractivity contribution in [2.75, 3.05) is 24.7 Å². The second-order valence-electron chi connectivity index (χ2n) is 15.4. The predicted molar refractivity (Wildman–Crippen MR) is 211 cm³/mol. The van der Waals surface area contributed by atoms with Gasteiger partial charge in [0.1, 0.15) is 23.4 Å². The summed E-state index contributed by atoms with van der Waals surface area (Å²) in [6, 6.07) is 15.3. The topological polar surface area (TPSA) is 173 Å². The van der Waals surface area contributed by atoms with Crippen molar-refractivity contribution in [3.63, 3.8) is 0 Å². The molecule has 294 valence electrons. The average Bonchev–Trinajstić information content (AvgIpc) is 4.07. The van der Waals surface area contributed by atoms with Crippen LogP contribution in [0, 0.1) is 17.3 Å². The maximum atomic E-state index is 14.7. The number of para-hydroxylation sites is 2. The Morgan fingerprint density at radius 3 is 2.45 bits per heavy atom. The van der Waals surface area contributed by atoms with E-state index < -0.39 is 67.9 Å². The molecule has 2 aliphatic carbocycles. The zero-order chi connectivity index (χ0) is 39.7. The molecule has 0 radical (unpaired) electrons. The molecule has 2 heterocycles. The van der Waals surface area contributed by atoms with E-state index in [2.05, 4.69) is 21.9 Å². The van der Waals surface area contributed by atoms with E-state index >= 15 is 0 Å². The van der Waals surface area contributed by atoms with Crippen molar-refractivity contribution in [2.45, 2.75) is 87.6 Å². The second kappa shape index (κ2) is 15.8. The van der Waals surface area contributed by atoms with Crippen LogP contribution in [0.1, 0.15) is 59.8 Å². The number of benzene rings is 2. The Hall–Kier alpha value is -4.63. The summed E-state index contributed by atoms with van der Waals surface area (Å²) in [5.41, 5.74) is -0.967. The molecule has 55 heavy (non-hydrogen) atoms. The Kier molecular flexibility index (Phi) is 11.5. The van der Waals surface area contributed by atoms with Gasteiger partial charge in [0.05, 0.1) is 29.8 Å². The minimum atomic E-state index is -3.90. The fraction of sp³-hybridized carbons (Fsp3) is 0.475. The standard InChI is InChI=1S/C40H49N5O8S2/c1-7-24-22-40(24,38(49)44-55(50,51)27-17-18-27)43-36(47)30-19-26(53-31-21-34(52-8-2)42-35-28(31)15-12-16-32(35)54-6)23-45(30)37(48)29(39(3,4)5)20-33(46)41-25-13-10-9-11-14-25/h7,9-16,21,24,26-27,29-30H,1,8,17-20,22-23H2,2-6H3,(H,41,46)(H,43,47)(H,44,49)/t24-,26-,29-,30-,40-/m1/s1. The van der Waals surface area contributed by atoms with Crippen LogP contribution in [-0.2, 0) is 29.2 Å². The summed E-state index contributed by atoms with van der Waals surface area (Å²) >= 11 is 1.53. The molecule has 13 nitrogen and oxygen atoms in total. The lowest BCUT2D eigenvalue weighted by atomic mass is 9.77. The lowest BCUT2D eigenvalue weighted by Gasteiger charge is -2.35. The zero-order valence-corrected chi connectivity index (χ0v) is 33.4. The van der Waals surface area contributed by atoms with Crippen LogP contribution < -0.4 is 24.8 Å². The molecule has 3 aliphatic rings. The fourth-order valence-corrected chi connectivity index (χ4v) is 9.04. The van der Waals surface area contributed by atoms with Gasteiger partial charge in [0, 0.05) is 40.8 Å². The van der Waals surface area contributed by atoms with Crippen LogP contribution in [0.4, 0.5) is 5.69 Å². The molecule has 0 bridgehead atoms. The number of nitrogens with one attached hydrogen (secondary N) is 3. The molecular weight excluding hydrogens is 743 g/mol. The number of aromatic nitrogens is 1. The third-order valence-electron chi connectivity index (χ3n) is 10.4. The number of hydrogen-bond donors (Lipinski definition) is 3. The SMILES string of the molecule is C=C[C@@H]1C[C@]1(NC(=O)[C@H]1C[C@@H](Oc2cc(OCC)nc3c(SC)cccc23)CN1C(=O)[C@@H](CC(=O)Nc1ccccc1)C(C)(C)C)C(=O)NS(=O)(=O)C1CC1. The van der Waals surface area contributed by atoms with E-state index in [1.54, 1.807) is 30.3 Å². The van der Waals surface area contributed by atoms with E-state index in [4.69, 9.17) is 14.5 Å². The first-order valence-electron chi connectivity index (χ1n) is 18.5. The Bertz CT molecular complexity index is 2090. The van der Waals surface area contributed by atoms with Gasteiger partial charge >= 0.3 is 0 Å². The highest BCUT2D eigenvalue weighted by Gasteiger charge is 2.62. The number of nitrogens with zero attached hydrogens (tertiary/aromatic N) is 2. The Labute approximate surface area is 326 Å². The van der Waals surface area contributed by atoms with Crippen molar-refractivity contribution in [1.29, 1.82) is 0 Å². The third-order valence-corrected chi connectivity index (χ3v) is 13.0. The average molecular weight is 792 g/mol. The fourth-order valence-electron chi connectivity index (χ4n) is 7.11. The number of amides is 4. The van der Waals surface area contributed by atoms with Crippen LogP contribution in [0.25, 0.3) is 10.9 Å². The summed E-state index contributed by atoms with van der Waals surface area (Å²) in [5.74, 6) is -2.78. The third kappa shape index (κ3) is 8.77. The zero-order valence-electron chi connectivity index (χ0n) is 31.8. The van der Waals surface area contributed by atoms with Crippen molar-refractivity contribution >= 4 is 62.0 Å². The number of rotatable bonds is 15. The number of carbonyl (C=O) groups is 4. The number of likely N-dealkylation sites (tertiary alicyclic amines) is 1. The summed E-state index contributed by atoms with van der Waals surface area (Å²) < 4.78 is 40.1. The maximum absolute atomic E-state index is 14.7. The molecule has 15 heteroatoms. The molecule has 3 N–H and O–H groups in total. The predicted octanol–water partition coefficient (Wildman–Crippen LogP) is 5.06. The summed E-state index contributed by atoms with van der Waals surface area (Å²) in [6.45, 7) is 11.6. The number of pyridine rings is 1. The molecule has 3 aromatic rings. The molecular formula is C40H49N5O8S2. The molecule has 6 rings (SSSR count). The molecule has 2 aromatic carbocycles. The summed E-state index contributed by atoms with van der Waals surface area (Å²) in [6.07, 6.45) is 3.75. The van der Waals surface area contributed by atoms with Gasteiger partial charge in [0.15, 0.2) is 0 Å². The van der Waals surface area contributed by atoms with E-state index in [-0.39, 0.29) is 31.7 Å². The van der Waals surface area contributed by atoms with Crippen molar-refractivity contribution < 1.29 is 37.1 Å². The van der Waals surface area contributed by atoms with Crippen LogP contribution in [0.3, 0.4) is 0 Å². The molecule has 4 amide bonds. The maximum Gasteiger partial charge on any atom is 0.259 e. The van der Waals surface area contributed by atoms with Gasteiger partial charge < -0.3 is 25.0 Å². The summed E-state index contributed by atoms with van der Waals surface area (Å²) in [4.78, 5) is 63.2. The van der Waals surface area contributed by atoms with Gasteiger partial charge in [-0.15, -0.1) is 18.3 Å². The monoisotopic (exact) mass is 791 g/mol. The molecule has 1 aliphatic heterocycles. The van der Waals surface area contributed by atoms with Gasteiger partial charge in [-0.2, -0.15) is 0 Å². The van der Waals surface area contributed by atoms with Crippen LogP contribution in [0.15, 0.2) is 72.1 Å². The molecule has 1 aromatic heterocycles. The quantitative estimate of drug-likeness (QED) is 0.140. The largest absolute Gasteiger partial charge is 0.488 e. The van der Waals surface area contributed by atoms with E-state index in [1.165, 1.54) is 22.7 Å². The Balaban J connectivity index is 1.32. The van der Waals surface area contributed by atoms with Crippen molar-refractivity contribution in [1.82, 2.24) is 19.9 Å². The number of hydrogen-bond acceptors (Lipinski definition) is 10. The summed E-state index contributed by atoms with van der Waals surface area (Å²) in [7, 11) is -3.90. The number of fused-ring (bicyclic) bond motifs is 1. The molecule has 0 spiro atoms. The number of anilines is 1. The van der Waals surface area contributed by atoms with Crippen molar-refractivity contribution in [3.05, 3.63) is 67.3 Å². The first-order valence-corrected chi connectivity index (χ1v) is 21.3. The highest BCUT2D eigenvalue weighted by atomic mass is 32.2. The van der Waals surface area contributed by atoms with Gasteiger partial charge in [0.25, 0.3) is 5.91 Å². The van der Waals surface area contributed by atoms with Crippen LogP contribution in [0.2, 0.25) is 0 Å². The number of ether oxygens (including phenoxy) is 2. The first kappa shape index (κ1) is 40.0. The minimum absolute atomic E-state index is 0.0000498. The van der Waals surface area contributed by atoms with Gasteiger partial charge in [-0.25, -0.2) is 13.4 Å². The van der Waals surface area contributed by atoms with Crippen LogP contribution in [0.5, 0.6) is 11.6 Å². The molecule has 5 atom stereocenters. The van der Waals surface area contributed by atoms with Gasteiger partial charge in [0.2, 0.25) is 33.6 Å². The molecule has 3 fully saturated rings. The van der Waals surface area contributed by atoms with E-state index in [0.717, 1.165) is 10.3 Å². The Morgan fingerprint density at radius 2 is 1.84 bits per heavy atom. The second-order valence-corrected chi connectivity index (χ2v) is 18.3. The summed E-state index contributed by atoms with van der Waals surface area (Å²) in [5, 5.41) is 5.79. The minimum Gasteiger partial charge on any atom is -0.488 e. The van der Waals surface area contributed by atoms with Gasteiger partial charge in [-0.05, 0) is 62.1 Å². The normalized spacial score (nSPS) is 22.7. The van der Waals surface area contributed by atoms with Gasteiger partial charge in [-0.3, -0.25) is 23.9 Å². The molecule has 2 saturated carbocycles. The van der Waals surface area contributed by atoms with Gasteiger partial charge in [-0.1, -0.05) is 51.1 Å². The van der Waals surface area contributed by atoms with E-state index in [1.807, 2.05) is 58.2 Å². The van der Waals surface area contributed by atoms with Crippen LogP contribution in [-0.4, -0.2) is 84.3 Å². The lowest BCUT2D eigenvalue weighted by molar-refractivity contribution is -0.146. The van der Waals surface area contributed by atoms with Crippen molar-refractivity contribution in [2.24, 2.45) is 17.3 Å². The lowest BCUT2D eigenvalue weighted by Crippen LogP contribution is -2.57.